The highest BCUT2D eigenvalue weighted by Crippen LogP contribution is 2.25. The fourth-order valence-electron chi connectivity index (χ4n) is 3.54. The summed E-state index contributed by atoms with van der Waals surface area (Å²) in [4.78, 5) is 28.8. The van der Waals surface area contributed by atoms with Gasteiger partial charge in [0.05, 0.1) is 18.4 Å². The van der Waals surface area contributed by atoms with Gasteiger partial charge in [0.25, 0.3) is 5.56 Å². The van der Waals surface area contributed by atoms with E-state index in [0.717, 1.165) is 11.1 Å². The van der Waals surface area contributed by atoms with E-state index in [-0.39, 0.29) is 12.1 Å². The number of hydrogen-bond donors (Lipinski definition) is 1. The first-order valence-electron chi connectivity index (χ1n) is 10.3. The largest absolute Gasteiger partial charge is 0.477 e. The molecule has 34 heavy (non-hydrogen) atoms. The zero-order chi connectivity index (χ0) is 23.7. The number of aromatic carboxylic acids is 1. The minimum absolute atomic E-state index is 0.169. The van der Waals surface area contributed by atoms with Gasteiger partial charge in [0.2, 0.25) is 5.88 Å². The Labute approximate surface area is 198 Å². The molecule has 0 unspecified atom stereocenters. The van der Waals surface area contributed by atoms with E-state index in [9.17, 15) is 14.7 Å². The fraction of sp³-hybridized carbons (Fsp3) is 0.0400. The Hall–Kier alpha value is -4.43. The molecule has 168 valence electrons. The maximum atomic E-state index is 13.0. The molecular formula is C25H17ClN4O4. The van der Waals surface area contributed by atoms with Gasteiger partial charge in [-0.1, -0.05) is 29.8 Å². The number of rotatable bonds is 6. The predicted octanol–water partition coefficient (Wildman–Crippen LogP) is 4.75. The van der Waals surface area contributed by atoms with Crippen LogP contribution in [0, 0.1) is 0 Å². The standard InChI is InChI=1S/C25H17ClN4O4/c26-18-8-4-16(5-9-18)14-29-23-13-21(28-30(23)15-20(24(29)31)25(32)33)17-6-10-19(11-7-17)34-22-3-1-2-12-27-22/h1-13,15H,14H2,(H,32,33). The number of aromatic nitrogens is 4. The van der Waals surface area contributed by atoms with Crippen molar-refractivity contribution in [1.82, 2.24) is 19.2 Å². The first-order chi connectivity index (χ1) is 16.5. The van der Waals surface area contributed by atoms with Gasteiger partial charge in [-0.2, -0.15) is 5.10 Å². The summed E-state index contributed by atoms with van der Waals surface area (Å²) in [5.74, 6) is -0.223. The third-order valence-electron chi connectivity index (χ3n) is 5.21. The average molecular weight is 473 g/mol. The Kier molecular flexibility index (Phi) is 5.57. The number of carboxylic acids is 1. The molecule has 9 heteroatoms. The molecule has 0 saturated heterocycles. The van der Waals surface area contributed by atoms with Crippen LogP contribution in [0.4, 0.5) is 0 Å². The molecule has 3 heterocycles. The van der Waals surface area contributed by atoms with Crippen LogP contribution in [-0.2, 0) is 6.54 Å². The molecule has 5 aromatic rings. The second-order valence-corrected chi connectivity index (χ2v) is 7.93. The van der Waals surface area contributed by atoms with Crippen molar-refractivity contribution in [3.63, 3.8) is 0 Å². The highest BCUT2D eigenvalue weighted by Gasteiger charge is 2.18. The van der Waals surface area contributed by atoms with Crippen LogP contribution < -0.4 is 10.3 Å². The Morgan fingerprint density at radius 2 is 1.79 bits per heavy atom. The van der Waals surface area contributed by atoms with Crippen LogP contribution in [-0.4, -0.2) is 30.2 Å². The fourth-order valence-corrected chi connectivity index (χ4v) is 3.67. The third kappa shape index (κ3) is 4.26. The Morgan fingerprint density at radius 1 is 1.03 bits per heavy atom. The molecule has 0 radical (unpaired) electrons. The minimum atomic E-state index is -1.31. The number of fused-ring (bicyclic) bond motifs is 1. The zero-order valence-electron chi connectivity index (χ0n) is 17.6. The summed E-state index contributed by atoms with van der Waals surface area (Å²) in [7, 11) is 0. The molecule has 0 atom stereocenters. The van der Waals surface area contributed by atoms with Crippen LogP contribution in [0.5, 0.6) is 11.6 Å². The predicted molar refractivity (Wildman–Crippen MR) is 127 cm³/mol. The van der Waals surface area contributed by atoms with Gasteiger partial charge in [-0.05, 0) is 48.0 Å². The molecule has 0 fully saturated rings. The van der Waals surface area contributed by atoms with E-state index in [1.807, 2.05) is 24.3 Å². The van der Waals surface area contributed by atoms with Gasteiger partial charge >= 0.3 is 5.97 Å². The van der Waals surface area contributed by atoms with Gasteiger partial charge in [-0.15, -0.1) is 0 Å². The Morgan fingerprint density at radius 3 is 2.47 bits per heavy atom. The van der Waals surface area contributed by atoms with E-state index in [1.54, 1.807) is 54.7 Å². The summed E-state index contributed by atoms with van der Waals surface area (Å²) in [5, 5.41) is 14.6. The smallest absolute Gasteiger partial charge is 0.342 e. The Bertz CT molecular complexity index is 1540. The summed E-state index contributed by atoms with van der Waals surface area (Å²) in [6, 6.07) is 21.4. The minimum Gasteiger partial charge on any atom is -0.477 e. The second-order valence-electron chi connectivity index (χ2n) is 7.49. The summed E-state index contributed by atoms with van der Waals surface area (Å²) < 4.78 is 8.52. The van der Waals surface area contributed by atoms with Gasteiger partial charge in [0.1, 0.15) is 17.0 Å². The molecule has 0 aliphatic carbocycles. The molecule has 3 aromatic heterocycles. The molecule has 0 aliphatic heterocycles. The number of halogens is 1. The number of ether oxygens (including phenoxy) is 1. The lowest BCUT2D eigenvalue weighted by molar-refractivity contribution is 0.0693. The van der Waals surface area contributed by atoms with Crippen molar-refractivity contribution in [1.29, 1.82) is 0 Å². The summed E-state index contributed by atoms with van der Waals surface area (Å²) in [5.41, 5.74) is 1.65. The lowest BCUT2D eigenvalue weighted by Gasteiger charge is -2.09. The van der Waals surface area contributed by atoms with E-state index in [2.05, 4.69) is 10.1 Å². The maximum absolute atomic E-state index is 13.0. The monoisotopic (exact) mass is 472 g/mol. The van der Waals surface area contributed by atoms with Crippen LogP contribution in [0.1, 0.15) is 15.9 Å². The number of hydrogen-bond acceptors (Lipinski definition) is 5. The number of carboxylic acid groups (broad SMARTS) is 1. The van der Waals surface area contributed by atoms with Gasteiger partial charge in [-0.25, -0.2) is 14.3 Å². The molecule has 1 N–H and O–H groups in total. The van der Waals surface area contributed by atoms with E-state index in [0.29, 0.717) is 28.0 Å². The van der Waals surface area contributed by atoms with E-state index >= 15 is 0 Å². The van der Waals surface area contributed by atoms with E-state index < -0.39 is 11.5 Å². The molecule has 0 aliphatic rings. The van der Waals surface area contributed by atoms with Crippen molar-refractivity contribution < 1.29 is 14.6 Å². The lowest BCUT2D eigenvalue weighted by Crippen LogP contribution is -2.28. The van der Waals surface area contributed by atoms with Crippen molar-refractivity contribution >= 4 is 23.2 Å². The van der Waals surface area contributed by atoms with Crippen LogP contribution in [0.3, 0.4) is 0 Å². The normalized spacial score (nSPS) is 11.0. The molecular weight excluding hydrogens is 456 g/mol. The van der Waals surface area contributed by atoms with Crippen LogP contribution in [0.15, 0.2) is 90.0 Å². The first-order valence-corrected chi connectivity index (χ1v) is 10.7. The zero-order valence-corrected chi connectivity index (χ0v) is 18.4. The highest BCUT2D eigenvalue weighted by atomic mass is 35.5. The summed E-state index contributed by atoms with van der Waals surface area (Å²) in [6.07, 6.45) is 2.88. The first kappa shape index (κ1) is 21.4. The Balaban J connectivity index is 1.53. The van der Waals surface area contributed by atoms with Gasteiger partial charge < -0.3 is 9.84 Å². The van der Waals surface area contributed by atoms with Crippen LogP contribution in [0.2, 0.25) is 5.02 Å². The number of nitrogens with zero attached hydrogens (tertiary/aromatic N) is 4. The van der Waals surface area contributed by atoms with E-state index in [1.165, 1.54) is 15.3 Å². The molecule has 5 rings (SSSR count). The summed E-state index contributed by atoms with van der Waals surface area (Å²) >= 11 is 5.96. The molecule has 0 bridgehead atoms. The van der Waals surface area contributed by atoms with Crippen molar-refractivity contribution in [3.8, 4) is 22.9 Å². The number of benzene rings is 2. The van der Waals surface area contributed by atoms with Gasteiger partial charge in [0.15, 0.2) is 0 Å². The lowest BCUT2D eigenvalue weighted by atomic mass is 10.1. The average Bonchev–Trinajstić information content (AvgIpc) is 3.27. The number of carbonyl (C=O) groups is 1. The van der Waals surface area contributed by atoms with Crippen LogP contribution >= 0.6 is 11.6 Å². The maximum Gasteiger partial charge on any atom is 0.342 e. The van der Waals surface area contributed by atoms with Crippen molar-refractivity contribution in [2.24, 2.45) is 0 Å². The molecule has 0 amide bonds. The van der Waals surface area contributed by atoms with Gasteiger partial charge in [0, 0.05) is 28.9 Å². The quantitative estimate of drug-likeness (QED) is 0.383. The van der Waals surface area contributed by atoms with E-state index in [4.69, 9.17) is 16.3 Å². The molecule has 0 spiro atoms. The topological polar surface area (TPSA) is 98.7 Å². The highest BCUT2D eigenvalue weighted by molar-refractivity contribution is 6.30. The molecule has 0 saturated carbocycles. The molecule has 2 aromatic carbocycles. The SMILES string of the molecule is O=C(O)c1cn2nc(-c3ccc(Oc4ccccn4)cc3)cc2n(Cc2ccc(Cl)cc2)c1=O. The second kappa shape index (κ2) is 8.84. The molecule has 8 nitrogen and oxygen atoms in total. The van der Waals surface area contributed by atoms with Crippen LogP contribution in [0.25, 0.3) is 16.9 Å². The van der Waals surface area contributed by atoms with Crippen molar-refractivity contribution in [2.75, 3.05) is 0 Å². The third-order valence-corrected chi connectivity index (χ3v) is 5.47. The summed E-state index contributed by atoms with van der Waals surface area (Å²) in [6.45, 7) is 0.169. The van der Waals surface area contributed by atoms with Crippen molar-refractivity contribution in [3.05, 3.63) is 112 Å². The van der Waals surface area contributed by atoms with Gasteiger partial charge in [-0.3, -0.25) is 9.36 Å². The van der Waals surface area contributed by atoms with Crippen molar-refractivity contribution in [2.45, 2.75) is 6.54 Å². The number of pyridine rings is 1.